The van der Waals surface area contributed by atoms with E-state index in [2.05, 4.69) is 15.3 Å². The molecule has 0 bridgehead atoms. The zero-order valence-corrected chi connectivity index (χ0v) is 14.1. The number of likely N-dealkylation sites (tertiary alicyclic amines) is 1. The Morgan fingerprint density at radius 2 is 2.17 bits per heavy atom. The first-order valence-corrected chi connectivity index (χ1v) is 7.99. The molecular weight excluding hydrogens is 310 g/mol. The molecule has 0 unspecified atom stereocenters. The van der Waals surface area contributed by atoms with Crippen LogP contribution in [0.5, 0.6) is 0 Å². The quantitative estimate of drug-likeness (QED) is 0.811. The highest BCUT2D eigenvalue weighted by Crippen LogP contribution is 2.25. The minimum absolute atomic E-state index is 0.0911. The fourth-order valence-corrected chi connectivity index (χ4v) is 3.06. The largest absolute Gasteiger partial charge is 0.340 e. The summed E-state index contributed by atoms with van der Waals surface area (Å²) in [6.07, 6.45) is 2.50. The van der Waals surface area contributed by atoms with E-state index in [0.29, 0.717) is 13.1 Å². The van der Waals surface area contributed by atoms with Gasteiger partial charge in [0.05, 0.1) is 0 Å². The van der Waals surface area contributed by atoms with Crippen molar-refractivity contribution in [1.82, 2.24) is 25.1 Å². The molecule has 8 nitrogen and oxygen atoms in total. The van der Waals surface area contributed by atoms with Crippen molar-refractivity contribution in [2.24, 2.45) is 0 Å². The molecule has 0 saturated carbocycles. The normalized spacial score (nSPS) is 22.9. The summed E-state index contributed by atoms with van der Waals surface area (Å²) in [6, 6.07) is 1.32. The number of aromatic nitrogens is 2. The van der Waals surface area contributed by atoms with Crippen molar-refractivity contribution in [3.8, 4) is 0 Å². The number of hydrogen-bond acceptors (Lipinski definition) is 5. The lowest BCUT2D eigenvalue weighted by molar-refractivity contribution is -0.137. The summed E-state index contributed by atoms with van der Waals surface area (Å²) in [4.78, 5) is 47.9. The van der Waals surface area contributed by atoms with Crippen LogP contribution in [0.15, 0.2) is 12.3 Å². The third-order valence-electron chi connectivity index (χ3n) is 4.46. The second kappa shape index (κ2) is 5.85. The van der Waals surface area contributed by atoms with Gasteiger partial charge in [-0.15, -0.1) is 0 Å². The van der Waals surface area contributed by atoms with Gasteiger partial charge in [0.2, 0.25) is 5.91 Å². The molecule has 0 aromatic carbocycles. The first kappa shape index (κ1) is 16.4. The van der Waals surface area contributed by atoms with Gasteiger partial charge in [-0.25, -0.2) is 14.8 Å². The molecular formula is C16H21N5O3. The standard InChI is InChI=1S/C16H21N5O3/c1-10-4-6-17-13(18-10)11-5-7-20(8-11)12(22)9-21-14(23)16(2,3)19-15(21)24/h4,6,11H,5,7-9H2,1-3H3,(H,19,24)/t11-/m0/s1. The lowest BCUT2D eigenvalue weighted by Gasteiger charge is -2.20. The zero-order valence-electron chi connectivity index (χ0n) is 14.1. The van der Waals surface area contributed by atoms with Gasteiger partial charge in [-0.3, -0.25) is 14.5 Å². The van der Waals surface area contributed by atoms with E-state index in [4.69, 9.17) is 0 Å². The summed E-state index contributed by atoms with van der Waals surface area (Å²) < 4.78 is 0. The number of carbonyl (C=O) groups is 3. The van der Waals surface area contributed by atoms with E-state index in [1.807, 2.05) is 13.0 Å². The molecule has 0 radical (unpaired) electrons. The average molecular weight is 331 g/mol. The number of imide groups is 1. The molecule has 1 atom stereocenters. The maximum Gasteiger partial charge on any atom is 0.325 e. The molecule has 4 amide bonds. The highest BCUT2D eigenvalue weighted by atomic mass is 16.2. The van der Waals surface area contributed by atoms with Crippen LogP contribution in [-0.4, -0.2) is 62.8 Å². The third-order valence-corrected chi connectivity index (χ3v) is 4.46. The number of urea groups is 1. The van der Waals surface area contributed by atoms with Gasteiger partial charge in [-0.2, -0.15) is 0 Å². The lowest BCUT2D eigenvalue weighted by Crippen LogP contribution is -2.44. The van der Waals surface area contributed by atoms with Crippen LogP contribution in [0.3, 0.4) is 0 Å². The van der Waals surface area contributed by atoms with Crippen LogP contribution in [-0.2, 0) is 9.59 Å². The molecule has 2 aliphatic heterocycles. The molecule has 2 fully saturated rings. The summed E-state index contributed by atoms with van der Waals surface area (Å²) in [5, 5.41) is 2.58. The molecule has 128 valence electrons. The molecule has 24 heavy (non-hydrogen) atoms. The average Bonchev–Trinajstić information content (AvgIpc) is 3.07. The van der Waals surface area contributed by atoms with Gasteiger partial charge in [-0.1, -0.05) is 0 Å². The number of nitrogens with zero attached hydrogens (tertiary/aromatic N) is 4. The van der Waals surface area contributed by atoms with E-state index < -0.39 is 11.6 Å². The fourth-order valence-electron chi connectivity index (χ4n) is 3.06. The predicted octanol–water partition coefficient (Wildman–Crippen LogP) is 0.431. The third kappa shape index (κ3) is 2.95. The summed E-state index contributed by atoms with van der Waals surface area (Å²) in [5.74, 6) is 0.222. The SMILES string of the molecule is Cc1ccnc([C@H]2CCN(C(=O)CN3C(=O)NC(C)(C)C3=O)C2)n1. The van der Waals surface area contributed by atoms with Crippen molar-refractivity contribution in [2.75, 3.05) is 19.6 Å². The minimum Gasteiger partial charge on any atom is -0.340 e. The second-order valence-electron chi connectivity index (χ2n) is 6.83. The van der Waals surface area contributed by atoms with Crippen LogP contribution >= 0.6 is 0 Å². The molecule has 1 aromatic rings. The van der Waals surface area contributed by atoms with Gasteiger partial charge in [0.1, 0.15) is 17.9 Å². The van der Waals surface area contributed by atoms with Gasteiger partial charge in [0.25, 0.3) is 5.91 Å². The molecule has 1 aromatic heterocycles. The molecule has 1 N–H and O–H groups in total. The number of carbonyl (C=O) groups excluding carboxylic acids is 3. The highest BCUT2D eigenvalue weighted by Gasteiger charge is 2.45. The summed E-state index contributed by atoms with van der Waals surface area (Å²) in [7, 11) is 0. The molecule has 8 heteroatoms. The van der Waals surface area contributed by atoms with E-state index in [1.165, 1.54) is 0 Å². The van der Waals surface area contributed by atoms with Gasteiger partial charge in [-0.05, 0) is 33.3 Å². The maximum absolute atomic E-state index is 12.5. The monoisotopic (exact) mass is 331 g/mol. The Labute approximate surface area is 140 Å². The van der Waals surface area contributed by atoms with Crippen LogP contribution in [0.2, 0.25) is 0 Å². The molecule has 0 aliphatic carbocycles. The van der Waals surface area contributed by atoms with Crippen molar-refractivity contribution >= 4 is 17.8 Å². The van der Waals surface area contributed by atoms with E-state index in [-0.39, 0.29) is 24.3 Å². The molecule has 0 spiro atoms. The van der Waals surface area contributed by atoms with Crippen molar-refractivity contribution in [2.45, 2.75) is 38.6 Å². The number of hydrogen-bond donors (Lipinski definition) is 1. The second-order valence-corrected chi connectivity index (χ2v) is 6.83. The van der Waals surface area contributed by atoms with Gasteiger partial charge in [0, 0.05) is 30.9 Å². The van der Waals surface area contributed by atoms with Crippen molar-refractivity contribution in [1.29, 1.82) is 0 Å². The van der Waals surface area contributed by atoms with Gasteiger partial charge < -0.3 is 10.2 Å². The summed E-state index contributed by atoms with van der Waals surface area (Å²) in [5.41, 5.74) is -0.0633. The fraction of sp³-hybridized carbons (Fsp3) is 0.562. The van der Waals surface area contributed by atoms with E-state index in [1.54, 1.807) is 24.9 Å². The van der Waals surface area contributed by atoms with Crippen LogP contribution in [0, 0.1) is 6.92 Å². The van der Waals surface area contributed by atoms with Crippen molar-refractivity contribution < 1.29 is 14.4 Å². The Morgan fingerprint density at radius 3 is 2.79 bits per heavy atom. The first-order chi connectivity index (χ1) is 11.3. The van der Waals surface area contributed by atoms with Gasteiger partial charge in [0.15, 0.2) is 0 Å². The van der Waals surface area contributed by atoms with Gasteiger partial charge >= 0.3 is 6.03 Å². The molecule has 2 aliphatic rings. The zero-order chi connectivity index (χ0) is 17.5. The Bertz CT molecular complexity index is 703. The van der Waals surface area contributed by atoms with Crippen LogP contribution in [0.4, 0.5) is 4.79 Å². The van der Waals surface area contributed by atoms with Crippen LogP contribution in [0.25, 0.3) is 0 Å². The Kier molecular flexibility index (Phi) is 3.98. The summed E-state index contributed by atoms with van der Waals surface area (Å²) in [6.45, 7) is 6.01. The van der Waals surface area contributed by atoms with E-state index in [0.717, 1.165) is 22.8 Å². The lowest BCUT2D eigenvalue weighted by atomic mass is 10.1. The Morgan fingerprint density at radius 1 is 1.42 bits per heavy atom. The first-order valence-electron chi connectivity index (χ1n) is 7.99. The number of rotatable bonds is 3. The number of nitrogens with one attached hydrogen (secondary N) is 1. The Hall–Kier alpha value is -2.51. The molecule has 3 heterocycles. The topological polar surface area (TPSA) is 95.5 Å². The Balaban J connectivity index is 1.63. The summed E-state index contributed by atoms with van der Waals surface area (Å²) >= 11 is 0. The number of amides is 4. The molecule has 3 rings (SSSR count). The van der Waals surface area contributed by atoms with Crippen molar-refractivity contribution in [3.63, 3.8) is 0 Å². The van der Waals surface area contributed by atoms with E-state index >= 15 is 0 Å². The van der Waals surface area contributed by atoms with Crippen LogP contribution in [0.1, 0.15) is 37.7 Å². The maximum atomic E-state index is 12.5. The molecule has 2 saturated heterocycles. The van der Waals surface area contributed by atoms with Crippen molar-refractivity contribution in [3.05, 3.63) is 23.8 Å². The van der Waals surface area contributed by atoms with Crippen LogP contribution < -0.4 is 5.32 Å². The number of aryl methyl sites for hydroxylation is 1. The minimum atomic E-state index is -0.958. The predicted molar refractivity (Wildman–Crippen MR) is 85.0 cm³/mol. The highest BCUT2D eigenvalue weighted by molar-refractivity contribution is 6.08. The van der Waals surface area contributed by atoms with E-state index in [9.17, 15) is 14.4 Å². The smallest absolute Gasteiger partial charge is 0.325 e.